The van der Waals surface area contributed by atoms with E-state index in [9.17, 15) is 14.7 Å². The molecule has 0 radical (unpaired) electrons. The van der Waals surface area contributed by atoms with Gasteiger partial charge in [0.1, 0.15) is 11.5 Å². The highest BCUT2D eigenvalue weighted by Crippen LogP contribution is 2.29. The Hall–Kier alpha value is -3.02. The summed E-state index contributed by atoms with van der Waals surface area (Å²) in [6.45, 7) is 3.27. The second kappa shape index (κ2) is 7.91. The predicted molar refractivity (Wildman–Crippen MR) is 99.0 cm³/mol. The largest absolute Gasteiger partial charge is 0.496 e. The van der Waals surface area contributed by atoms with Gasteiger partial charge in [0.2, 0.25) is 5.91 Å². The number of rotatable bonds is 7. The lowest BCUT2D eigenvalue weighted by atomic mass is 9.85. The lowest BCUT2D eigenvalue weighted by molar-refractivity contribution is -0.142. The Morgan fingerprint density at radius 2 is 1.54 bits per heavy atom. The van der Waals surface area contributed by atoms with Crippen molar-refractivity contribution in [3.05, 3.63) is 53.6 Å². The normalized spacial score (nSPS) is 10.9. The molecule has 0 bridgehead atoms. The van der Waals surface area contributed by atoms with Crippen LogP contribution in [0.3, 0.4) is 0 Å². The van der Waals surface area contributed by atoms with E-state index in [2.05, 4.69) is 5.32 Å². The van der Waals surface area contributed by atoms with E-state index < -0.39 is 11.4 Å². The molecule has 2 aromatic rings. The maximum absolute atomic E-state index is 12.4. The number of benzene rings is 2. The molecule has 2 aromatic carbocycles. The molecular formula is C20H23NO5. The van der Waals surface area contributed by atoms with Crippen LogP contribution in [0.2, 0.25) is 0 Å². The first-order chi connectivity index (χ1) is 12.3. The summed E-state index contributed by atoms with van der Waals surface area (Å²) in [7, 11) is 3.08. The highest BCUT2D eigenvalue weighted by Gasteiger charge is 2.29. The molecule has 0 aromatic heterocycles. The number of carboxylic acid groups (broad SMARTS) is 1. The second-order valence-electron chi connectivity index (χ2n) is 6.37. The van der Waals surface area contributed by atoms with Crippen molar-refractivity contribution in [1.82, 2.24) is 0 Å². The van der Waals surface area contributed by atoms with E-state index in [-0.39, 0.29) is 12.3 Å². The zero-order chi connectivity index (χ0) is 19.3. The first-order valence-electron chi connectivity index (χ1n) is 8.13. The van der Waals surface area contributed by atoms with Crippen molar-refractivity contribution in [3.8, 4) is 11.5 Å². The second-order valence-corrected chi connectivity index (χ2v) is 6.37. The van der Waals surface area contributed by atoms with Crippen LogP contribution in [-0.4, -0.2) is 31.2 Å². The van der Waals surface area contributed by atoms with Crippen LogP contribution in [0.5, 0.6) is 11.5 Å². The summed E-state index contributed by atoms with van der Waals surface area (Å²) < 4.78 is 10.6. The molecule has 2 N–H and O–H groups in total. The lowest BCUT2D eigenvalue weighted by Crippen LogP contribution is -2.28. The average Bonchev–Trinajstić information content (AvgIpc) is 2.62. The maximum Gasteiger partial charge on any atom is 0.313 e. The van der Waals surface area contributed by atoms with Crippen molar-refractivity contribution >= 4 is 17.6 Å². The van der Waals surface area contributed by atoms with Crippen LogP contribution in [0.4, 0.5) is 5.69 Å². The summed E-state index contributed by atoms with van der Waals surface area (Å²) in [5, 5.41) is 12.1. The van der Waals surface area contributed by atoms with Gasteiger partial charge in [-0.1, -0.05) is 18.2 Å². The molecule has 0 fully saturated rings. The fourth-order valence-electron chi connectivity index (χ4n) is 2.56. The topological polar surface area (TPSA) is 84.9 Å². The van der Waals surface area contributed by atoms with Gasteiger partial charge in [0, 0.05) is 11.3 Å². The van der Waals surface area contributed by atoms with Crippen molar-refractivity contribution in [2.75, 3.05) is 19.5 Å². The number of nitrogens with one attached hydrogen (secondary N) is 1. The summed E-state index contributed by atoms with van der Waals surface area (Å²) in [5.74, 6) is 0.0340. The molecule has 6 heteroatoms. The van der Waals surface area contributed by atoms with E-state index in [4.69, 9.17) is 9.47 Å². The summed E-state index contributed by atoms with van der Waals surface area (Å²) in [6.07, 6.45) is 0.0928. The highest BCUT2D eigenvalue weighted by atomic mass is 16.5. The Balaban J connectivity index is 2.13. The van der Waals surface area contributed by atoms with Crippen LogP contribution >= 0.6 is 0 Å². The van der Waals surface area contributed by atoms with Crippen LogP contribution in [0.1, 0.15) is 25.0 Å². The maximum atomic E-state index is 12.4. The van der Waals surface area contributed by atoms with E-state index in [1.54, 1.807) is 70.5 Å². The summed E-state index contributed by atoms with van der Waals surface area (Å²) in [5.41, 5.74) is 0.926. The molecule has 0 unspecified atom stereocenters. The Bertz CT molecular complexity index is 774. The number of hydrogen-bond donors (Lipinski definition) is 2. The molecule has 2 rings (SSSR count). The van der Waals surface area contributed by atoms with E-state index in [0.29, 0.717) is 28.3 Å². The Labute approximate surface area is 152 Å². The van der Waals surface area contributed by atoms with Crippen molar-refractivity contribution < 1.29 is 24.2 Å². The van der Waals surface area contributed by atoms with Crippen LogP contribution < -0.4 is 14.8 Å². The number of ether oxygens (including phenoxy) is 2. The quantitative estimate of drug-likeness (QED) is 0.795. The highest BCUT2D eigenvalue weighted by molar-refractivity contribution is 5.93. The fourth-order valence-corrected chi connectivity index (χ4v) is 2.56. The zero-order valence-electron chi connectivity index (χ0n) is 15.3. The van der Waals surface area contributed by atoms with E-state index in [0.717, 1.165) is 0 Å². The van der Waals surface area contributed by atoms with E-state index >= 15 is 0 Å². The molecule has 0 aliphatic rings. The molecule has 0 aliphatic carbocycles. The van der Waals surface area contributed by atoms with Crippen molar-refractivity contribution in [3.63, 3.8) is 0 Å². The van der Waals surface area contributed by atoms with Gasteiger partial charge in [-0.3, -0.25) is 9.59 Å². The molecule has 26 heavy (non-hydrogen) atoms. The van der Waals surface area contributed by atoms with Crippen LogP contribution in [-0.2, 0) is 21.4 Å². The third kappa shape index (κ3) is 4.14. The number of carbonyl (C=O) groups is 2. The van der Waals surface area contributed by atoms with Crippen molar-refractivity contribution in [2.45, 2.75) is 25.7 Å². The fraction of sp³-hybridized carbons (Fsp3) is 0.300. The van der Waals surface area contributed by atoms with Gasteiger partial charge in [0.15, 0.2) is 0 Å². The minimum absolute atomic E-state index is 0.0928. The number of methoxy groups -OCH3 is 2. The van der Waals surface area contributed by atoms with Crippen LogP contribution in [0, 0.1) is 0 Å². The van der Waals surface area contributed by atoms with Gasteiger partial charge in [-0.15, -0.1) is 0 Å². The van der Waals surface area contributed by atoms with Gasteiger partial charge in [0.05, 0.1) is 26.1 Å². The number of anilines is 1. The SMILES string of the molecule is COc1cccc(OC)c1CC(=O)Nc1ccc(C(C)(C)C(=O)O)cc1. The smallest absolute Gasteiger partial charge is 0.313 e. The number of aliphatic carboxylic acids is 1. The van der Waals surface area contributed by atoms with Gasteiger partial charge < -0.3 is 19.9 Å². The van der Waals surface area contributed by atoms with E-state index in [1.807, 2.05) is 0 Å². The predicted octanol–water partition coefficient (Wildman–Crippen LogP) is 3.25. The standard InChI is InChI=1S/C20H23NO5/c1-20(2,19(23)24)13-8-10-14(11-9-13)21-18(22)12-15-16(25-3)6-5-7-17(15)26-4/h5-11H,12H2,1-4H3,(H,21,22)(H,23,24). The molecule has 0 heterocycles. The van der Waals surface area contributed by atoms with Gasteiger partial charge in [0.25, 0.3) is 0 Å². The summed E-state index contributed by atoms with van der Waals surface area (Å²) in [4.78, 5) is 23.7. The molecule has 1 amide bonds. The van der Waals surface area contributed by atoms with Gasteiger partial charge in [-0.25, -0.2) is 0 Å². The van der Waals surface area contributed by atoms with E-state index in [1.165, 1.54) is 0 Å². The third-order valence-electron chi connectivity index (χ3n) is 4.29. The molecule has 0 atom stereocenters. The van der Waals surface area contributed by atoms with Crippen molar-refractivity contribution in [1.29, 1.82) is 0 Å². The lowest BCUT2D eigenvalue weighted by Gasteiger charge is -2.20. The van der Waals surface area contributed by atoms with Crippen molar-refractivity contribution in [2.24, 2.45) is 0 Å². The first-order valence-corrected chi connectivity index (χ1v) is 8.13. The first kappa shape index (κ1) is 19.3. The molecule has 6 nitrogen and oxygen atoms in total. The summed E-state index contributed by atoms with van der Waals surface area (Å²) >= 11 is 0. The Morgan fingerprint density at radius 3 is 2.00 bits per heavy atom. The summed E-state index contributed by atoms with van der Waals surface area (Å²) in [6, 6.07) is 12.1. The molecule has 0 aliphatic heterocycles. The minimum atomic E-state index is -0.993. The van der Waals surface area contributed by atoms with Crippen LogP contribution in [0.15, 0.2) is 42.5 Å². The average molecular weight is 357 g/mol. The Morgan fingerprint density at radius 1 is 1.00 bits per heavy atom. The Kier molecular flexibility index (Phi) is 5.87. The molecule has 0 saturated heterocycles. The molecular weight excluding hydrogens is 334 g/mol. The number of hydrogen-bond acceptors (Lipinski definition) is 4. The van der Waals surface area contributed by atoms with Gasteiger partial charge in [-0.05, 0) is 43.7 Å². The van der Waals surface area contributed by atoms with Crippen LogP contribution in [0.25, 0.3) is 0 Å². The monoisotopic (exact) mass is 357 g/mol. The molecule has 0 spiro atoms. The zero-order valence-corrected chi connectivity index (χ0v) is 15.3. The number of carbonyl (C=O) groups excluding carboxylic acids is 1. The molecule has 138 valence electrons. The van der Waals surface area contributed by atoms with Gasteiger partial charge >= 0.3 is 5.97 Å². The minimum Gasteiger partial charge on any atom is -0.496 e. The van der Waals surface area contributed by atoms with Gasteiger partial charge in [-0.2, -0.15) is 0 Å². The molecule has 0 saturated carbocycles. The number of carboxylic acids is 1. The third-order valence-corrected chi connectivity index (χ3v) is 4.29. The number of amides is 1.